The monoisotopic (exact) mass is 474 g/mol. The zero-order valence-corrected chi connectivity index (χ0v) is 17.4. The van der Waals surface area contributed by atoms with Gasteiger partial charge in [-0.1, -0.05) is 29.8 Å². The topological polar surface area (TPSA) is 67.1 Å². The second kappa shape index (κ2) is 9.96. The van der Waals surface area contributed by atoms with Crippen molar-refractivity contribution in [2.24, 2.45) is 4.99 Å². The zero-order chi connectivity index (χ0) is 16.8. The average Bonchev–Trinajstić information content (AvgIpc) is 3.18. The van der Waals surface area contributed by atoms with E-state index >= 15 is 0 Å². The molecule has 1 aliphatic rings. The van der Waals surface area contributed by atoms with Gasteiger partial charge in [-0.3, -0.25) is 0 Å². The van der Waals surface area contributed by atoms with Crippen molar-refractivity contribution in [2.45, 2.75) is 39.3 Å². The molecule has 136 valence electrons. The third-order valence-electron chi connectivity index (χ3n) is 4.05. The number of aryl methyl sites for hydroxylation is 1. The molecule has 1 aliphatic heterocycles. The fourth-order valence-electron chi connectivity index (χ4n) is 2.84. The molecule has 2 aromatic rings. The average molecular weight is 475 g/mol. The van der Waals surface area contributed by atoms with Gasteiger partial charge < -0.3 is 15.2 Å². The molecule has 1 aromatic heterocycles. The standard InChI is InChI=1S/C17H23ClN6.HI/c1-2-19-17(20-10-9-13-6-3-4-7-14(13)18)21-12-16-23-22-15-8-5-11-24(15)16;/h3-4,6-7H,2,5,8-12H2,1H3,(H2,19,20,21);1H. The van der Waals surface area contributed by atoms with Crippen LogP contribution in [0.3, 0.4) is 0 Å². The lowest BCUT2D eigenvalue weighted by atomic mass is 10.1. The van der Waals surface area contributed by atoms with E-state index in [2.05, 4.69) is 37.3 Å². The smallest absolute Gasteiger partial charge is 0.191 e. The summed E-state index contributed by atoms with van der Waals surface area (Å²) in [7, 11) is 0. The lowest BCUT2D eigenvalue weighted by Gasteiger charge is -2.11. The molecule has 6 nitrogen and oxygen atoms in total. The molecule has 3 rings (SSSR count). The van der Waals surface area contributed by atoms with Crippen LogP contribution in [0.5, 0.6) is 0 Å². The minimum absolute atomic E-state index is 0. The maximum absolute atomic E-state index is 6.19. The maximum Gasteiger partial charge on any atom is 0.191 e. The van der Waals surface area contributed by atoms with Gasteiger partial charge in [0.05, 0.1) is 0 Å². The van der Waals surface area contributed by atoms with Gasteiger partial charge in [0.1, 0.15) is 12.4 Å². The quantitative estimate of drug-likeness (QED) is 0.384. The van der Waals surface area contributed by atoms with Gasteiger partial charge in [0.15, 0.2) is 11.8 Å². The van der Waals surface area contributed by atoms with Gasteiger partial charge in [-0.2, -0.15) is 0 Å². The van der Waals surface area contributed by atoms with E-state index in [1.165, 1.54) is 0 Å². The molecule has 25 heavy (non-hydrogen) atoms. The predicted molar refractivity (Wildman–Crippen MR) is 112 cm³/mol. The Kier molecular flexibility index (Phi) is 7.95. The number of aliphatic imine (C=N–C) groups is 1. The molecule has 0 unspecified atom stereocenters. The molecule has 1 aromatic carbocycles. The first-order valence-corrected chi connectivity index (χ1v) is 8.82. The molecule has 0 fully saturated rings. The summed E-state index contributed by atoms with van der Waals surface area (Å²) in [5.74, 6) is 2.81. The molecule has 0 bridgehead atoms. The first-order chi connectivity index (χ1) is 11.8. The molecule has 0 saturated carbocycles. The second-order valence-electron chi connectivity index (χ2n) is 5.75. The van der Waals surface area contributed by atoms with Crippen LogP contribution in [-0.2, 0) is 25.9 Å². The van der Waals surface area contributed by atoms with Crippen LogP contribution in [0.2, 0.25) is 5.02 Å². The van der Waals surface area contributed by atoms with Gasteiger partial charge in [0.2, 0.25) is 0 Å². The number of benzene rings is 1. The van der Waals surface area contributed by atoms with Crippen molar-refractivity contribution in [2.75, 3.05) is 13.1 Å². The van der Waals surface area contributed by atoms with Crippen molar-refractivity contribution in [1.82, 2.24) is 25.4 Å². The molecule has 0 aliphatic carbocycles. The largest absolute Gasteiger partial charge is 0.357 e. The van der Waals surface area contributed by atoms with Crippen LogP contribution in [0.25, 0.3) is 0 Å². The minimum Gasteiger partial charge on any atom is -0.357 e. The number of hydrogen-bond acceptors (Lipinski definition) is 3. The van der Waals surface area contributed by atoms with Crippen molar-refractivity contribution in [3.63, 3.8) is 0 Å². The van der Waals surface area contributed by atoms with E-state index in [4.69, 9.17) is 11.6 Å². The van der Waals surface area contributed by atoms with Crippen molar-refractivity contribution in [3.8, 4) is 0 Å². The van der Waals surface area contributed by atoms with Crippen LogP contribution in [0.15, 0.2) is 29.3 Å². The molecular formula is C17H24ClIN6. The third kappa shape index (κ3) is 5.31. The van der Waals surface area contributed by atoms with Crippen LogP contribution < -0.4 is 10.6 Å². The first-order valence-electron chi connectivity index (χ1n) is 8.44. The molecule has 0 atom stereocenters. The van der Waals surface area contributed by atoms with Crippen molar-refractivity contribution in [3.05, 3.63) is 46.5 Å². The van der Waals surface area contributed by atoms with Gasteiger partial charge in [0.25, 0.3) is 0 Å². The maximum atomic E-state index is 6.19. The Morgan fingerprint density at radius 1 is 1.28 bits per heavy atom. The van der Waals surface area contributed by atoms with Gasteiger partial charge in [0, 0.05) is 31.1 Å². The number of nitrogens with one attached hydrogen (secondary N) is 2. The van der Waals surface area contributed by atoms with Gasteiger partial charge in [-0.25, -0.2) is 4.99 Å². The van der Waals surface area contributed by atoms with E-state index in [0.717, 1.165) is 67.1 Å². The minimum atomic E-state index is 0. The Morgan fingerprint density at radius 3 is 2.92 bits per heavy atom. The molecule has 0 radical (unpaired) electrons. The Hall–Kier alpha value is -1.35. The van der Waals surface area contributed by atoms with E-state index in [0.29, 0.717) is 6.54 Å². The number of hydrogen-bond donors (Lipinski definition) is 2. The van der Waals surface area contributed by atoms with Crippen LogP contribution in [0.1, 0.15) is 30.6 Å². The first kappa shape index (κ1) is 20.0. The fraction of sp³-hybridized carbons (Fsp3) is 0.471. The summed E-state index contributed by atoms with van der Waals surface area (Å²) in [6, 6.07) is 7.92. The molecular weight excluding hydrogens is 451 g/mol. The number of nitrogens with zero attached hydrogens (tertiary/aromatic N) is 4. The number of rotatable bonds is 6. The van der Waals surface area contributed by atoms with Crippen molar-refractivity contribution >= 4 is 41.5 Å². The summed E-state index contributed by atoms with van der Waals surface area (Å²) >= 11 is 6.19. The molecule has 2 N–H and O–H groups in total. The SMILES string of the molecule is CCNC(=NCc1nnc2n1CCC2)NCCc1ccccc1Cl.I. The summed E-state index contributed by atoms with van der Waals surface area (Å²) in [5.41, 5.74) is 1.14. The summed E-state index contributed by atoms with van der Waals surface area (Å²) < 4.78 is 2.18. The summed E-state index contributed by atoms with van der Waals surface area (Å²) in [6.45, 7) is 5.18. The lowest BCUT2D eigenvalue weighted by molar-refractivity contribution is 0.684. The van der Waals surface area contributed by atoms with Crippen molar-refractivity contribution in [1.29, 1.82) is 0 Å². The molecule has 0 spiro atoms. The number of aromatic nitrogens is 3. The van der Waals surface area contributed by atoms with Gasteiger partial charge in [-0.05, 0) is 31.4 Å². The van der Waals surface area contributed by atoms with Crippen LogP contribution in [-0.4, -0.2) is 33.8 Å². The van der Waals surface area contributed by atoms with Gasteiger partial charge in [-0.15, -0.1) is 34.2 Å². The summed E-state index contributed by atoms with van der Waals surface area (Å²) in [6.07, 6.45) is 3.02. The fourth-order valence-corrected chi connectivity index (χ4v) is 3.07. The lowest BCUT2D eigenvalue weighted by Crippen LogP contribution is -2.38. The van der Waals surface area contributed by atoms with E-state index in [-0.39, 0.29) is 24.0 Å². The summed E-state index contributed by atoms with van der Waals surface area (Å²) in [5, 5.41) is 15.9. The Bertz CT molecular complexity index is 715. The van der Waals surface area contributed by atoms with E-state index in [1.54, 1.807) is 0 Å². The van der Waals surface area contributed by atoms with E-state index < -0.39 is 0 Å². The highest BCUT2D eigenvalue weighted by molar-refractivity contribution is 14.0. The van der Waals surface area contributed by atoms with Crippen LogP contribution >= 0.6 is 35.6 Å². The molecule has 2 heterocycles. The highest BCUT2D eigenvalue weighted by Gasteiger charge is 2.16. The normalized spacial score (nSPS) is 13.3. The van der Waals surface area contributed by atoms with E-state index in [1.807, 2.05) is 24.3 Å². The predicted octanol–water partition coefficient (Wildman–Crippen LogP) is 2.79. The summed E-state index contributed by atoms with van der Waals surface area (Å²) in [4.78, 5) is 4.63. The van der Waals surface area contributed by atoms with Crippen molar-refractivity contribution < 1.29 is 0 Å². The third-order valence-corrected chi connectivity index (χ3v) is 4.42. The zero-order valence-electron chi connectivity index (χ0n) is 14.3. The van der Waals surface area contributed by atoms with Crippen LogP contribution in [0, 0.1) is 0 Å². The Morgan fingerprint density at radius 2 is 2.12 bits per heavy atom. The number of fused-ring (bicyclic) bond motifs is 1. The molecule has 0 saturated heterocycles. The molecule has 0 amide bonds. The van der Waals surface area contributed by atoms with Gasteiger partial charge >= 0.3 is 0 Å². The van der Waals surface area contributed by atoms with E-state index in [9.17, 15) is 0 Å². The number of halogens is 2. The van der Waals surface area contributed by atoms with Crippen LogP contribution in [0.4, 0.5) is 0 Å². The number of guanidine groups is 1. The second-order valence-corrected chi connectivity index (χ2v) is 6.16. The Balaban J connectivity index is 0.00000225. The highest BCUT2D eigenvalue weighted by atomic mass is 127. The Labute approximate surface area is 170 Å². The molecule has 8 heteroatoms. The highest BCUT2D eigenvalue weighted by Crippen LogP contribution is 2.15.